The van der Waals surface area contributed by atoms with Crippen LogP contribution < -0.4 is 10.9 Å². The summed E-state index contributed by atoms with van der Waals surface area (Å²) >= 11 is 3.31. The summed E-state index contributed by atoms with van der Waals surface area (Å²) < 4.78 is 0.783. The molecule has 2 aromatic rings. The van der Waals surface area contributed by atoms with E-state index in [0.717, 1.165) is 4.47 Å². The van der Waals surface area contributed by atoms with Gasteiger partial charge in [-0.25, -0.2) is 0 Å². The predicted molar refractivity (Wildman–Crippen MR) is 111 cm³/mol. The zero-order valence-electron chi connectivity index (χ0n) is 15.7. The first-order chi connectivity index (χ1) is 14.0. The molecular formula is C20H21BrN4O4. The van der Waals surface area contributed by atoms with Crippen LogP contribution in [0.3, 0.4) is 0 Å². The fraction of sp³-hybridized carbons (Fsp3) is 0.300. The third-order valence-electron chi connectivity index (χ3n) is 4.67. The van der Waals surface area contributed by atoms with E-state index in [1.165, 1.54) is 12.3 Å². The molecule has 0 unspecified atom stereocenters. The van der Waals surface area contributed by atoms with Gasteiger partial charge in [-0.3, -0.25) is 19.2 Å². The fourth-order valence-corrected chi connectivity index (χ4v) is 3.53. The molecule has 152 valence electrons. The van der Waals surface area contributed by atoms with Gasteiger partial charge in [-0.15, -0.1) is 0 Å². The largest absolute Gasteiger partial charge is 0.343 e. The van der Waals surface area contributed by atoms with Gasteiger partial charge in [0, 0.05) is 42.4 Å². The lowest BCUT2D eigenvalue weighted by Gasteiger charge is -2.22. The van der Waals surface area contributed by atoms with Gasteiger partial charge in [-0.1, -0.05) is 22.0 Å². The van der Waals surface area contributed by atoms with Crippen LogP contribution in [0, 0.1) is 0 Å². The van der Waals surface area contributed by atoms with Crippen molar-refractivity contribution in [2.24, 2.45) is 0 Å². The van der Waals surface area contributed by atoms with Crippen molar-refractivity contribution in [2.75, 3.05) is 32.7 Å². The first kappa shape index (κ1) is 20.8. The number of amides is 3. The number of nitrogens with zero attached hydrogens (tertiary/aromatic N) is 2. The van der Waals surface area contributed by atoms with Crippen LogP contribution in [0.1, 0.15) is 27.1 Å². The summed E-state index contributed by atoms with van der Waals surface area (Å²) in [7, 11) is 0. The molecule has 29 heavy (non-hydrogen) atoms. The zero-order chi connectivity index (χ0) is 20.8. The topological polar surface area (TPSA) is 103 Å². The van der Waals surface area contributed by atoms with E-state index in [2.05, 4.69) is 26.2 Å². The van der Waals surface area contributed by atoms with Gasteiger partial charge in [0.15, 0.2) is 0 Å². The monoisotopic (exact) mass is 460 g/mol. The van der Waals surface area contributed by atoms with E-state index >= 15 is 0 Å². The summed E-state index contributed by atoms with van der Waals surface area (Å²) in [5.41, 5.74) is 0.131. The van der Waals surface area contributed by atoms with Crippen LogP contribution in [0.4, 0.5) is 0 Å². The smallest absolute Gasteiger partial charge is 0.260 e. The molecule has 0 atom stereocenters. The van der Waals surface area contributed by atoms with E-state index in [-0.39, 0.29) is 29.8 Å². The number of nitrogens with one attached hydrogen (secondary N) is 2. The van der Waals surface area contributed by atoms with Crippen LogP contribution >= 0.6 is 15.9 Å². The summed E-state index contributed by atoms with van der Waals surface area (Å²) in [6.07, 6.45) is 2.08. The van der Waals surface area contributed by atoms with Crippen molar-refractivity contribution in [1.29, 1.82) is 0 Å². The van der Waals surface area contributed by atoms with E-state index in [0.29, 0.717) is 38.2 Å². The van der Waals surface area contributed by atoms with Gasteiger partial charge in [0.25, 0.3) is 17.4 Å². The van der Waals surface area contributed by atoms with Crippen LogP contribution in [0.2, 0.25) is 0 Å². The molecule has 1 fully saturated rings. The molecule has 0 saturated carbocycles. The molecule has 3 amide bonds. The Bertz CT molecular complexity index is 975. The molecule has 3 rings (SSSR count). The SMILES string of the molecule is O=C(NCC(=O)N1CCCN(C(=O)c2ccc[nH]c2=O)CC1)c1cccc(Br)c1. The normalized spacial score (nSPS) is 14.2. The Hall–Kier alpha value is -2.94. The van der Waals surface area contributed by atoms with Gasteiger partial charge in [0.1, 0.15) is 5.56 Å². The standard InChI is InChI=1S/C20H21BrN4O4/c21-15-5-1-4-14(12-15)18(27)23-13-17(26)24-8-3-9-25(11-10-24)20(29)16-6-2-7-22-19(16)28/h1-2,4-7,12H,3,8-11,13H2,(H,22,28)(H,23,27). The minimum Gasteiger partial charge on any atom is -0.343 e. The first-order valence-electron chi connectivity index (χ1n) is 9.24. The van der Waals surface area contributed by atoms with E-state index in [9.17, 15) is 19.2 Å². The lowest BCUT2D eigenvalue weighted by atomic mass is 10.2. The zero-order valence-corrected chi connectivity index (χ0v) is 17.3. The van der Waals surface area contributed by atoms with E-state index in [4.69, 9.17) is 0 Å². The van der Waals surface area contributed by atoms with Crippen molar-refractivity contribution in [3.05, 3.63) is 68.5 Å². The second-order valence-corrected chi connectivity index (χ2v) is 7.55. The molecule has 2 N–H and O–H groups in total. The number of pyridine rings is 1. The Morgan fingerprint density at radius 3 is 2.55 bits per heavy atom. The molecule has 1 aromatic carbocycles. The fourth-order valence-electron chi connectivity index (χ4n) is 3.13. The van der Waals surface area contributed by atoms with Gasteiger partial charge < -0.3 is 20.1 Å². The molecule has 1 aliphatic heterocycles. The second-order valence-electron chi connectivity index (χ2n) is 6.63. The Kier molecular flexibility index (Phi) is 6.82. The average molecular weight is 461 g/mol. The third kappa shape index (κ3) is 5.32. The number of aromatic nitrogens is 1. The predicted octanol–water partition coefficient (Wildman–Crippen LogP) is 1.24. The number of halogens is 1. The Labute approximate surface area is 176 Å². The maximum absolute atomic E-state index is 12.6. The summed E-state index contributed by atoms with van der Waals surface area (Å²) in [4.78, 5) is 54.8. The number of benzene rings is 1. The molecule has 0 radical (unpaired) electrons. The van der Waals surface area contributed by atoms with Crippen LogP contribution in [0.15, 0.2) is 51.9 Å². The number of H-pyrrole nitrogens is 1. The second kappa shape index (κ2) is 9.51. The van der Waals surface area contributed by atoms with Crippen LogP contribution in [-0.4, -0.2) is 65.2 Å². The minimum absolute atomic E-state index is 0.0913. The van der Waals surface area contributed by atoms with Gasteiger partial charge in [-0.05, 0) is 36.8 Å². The highest BCUT2D eigenvalue weighted by Crippen LogP contribution is 2.11. The summed E-state index contributed by atoms with van der Waals surface area (Å²) in [6.45, 7) is 1.51. The van der Waals surface area contributed by atoms with Gasteiger partial charge >= 0.3 is 0 Å². The van der Waals surface area contributed by atoms with Gasteiger partial charge in [0.2, 0.25) is 5.91 Å². The van der Waals surface area contributed by atoms with Gasteiger partial charge in [0.05, 0.1) is 6.54 Å². The summed E-state index contributed by atoms with van der Waals surface area (Å²) in [5, 5.41) is 2.63. The van der Waals surface area contributed by atoms with Crippen LogP contribution in [-0.2, 0) is 4.79 Å². The maximum Gasteiger partial charge on any atom is 0.260 e. The maximum atomic E-state index is 12.6. The first-order valence-corrected chi connectivity index (χ1v) is 10.0. The summed E-state index contributed by atoms with van der Waals surface area (Å²) in [5.74, 6) is -0.876. The Morgan fingerprint density at radius 1 is 1.03 bits per heavy atom. The number of carbonyl (C=O) groups excluding carboxylic acids is 3. The van der Waals surface area contributed by atoms with Gasteiger partial charge in [-0.2, -0.15) is 0 Å². The van der Waals surface area contributed by atoms with Crippen molar-refractivity contribution in [3.8, 4) is 0 Å². The molecule has 1 aromatic heterocycles. The molecule has 2 heterocycles. The van der Waals surface area contributed by atoms with Crippen molar-refractivity contribution in [3.63, 3.8) is 0 Å². The quantitative estimate of drug-likeness (QED) is 0.716. The number of aromatic amines is 1. The highest BCUT2D eigenvalue weighted by molar-refractivity contribution is 9.10. The Balaban J connectivity index is 1.54. The molecule has 0 aliphatic carbocycles. The molecule has 0 bridgehead atoms. The highest BCUT2D eigenvalue weighted by Gasteiger charge is 2.24. The number of hydrogen-bond acceptors (Lipinski definition) is 4. The van der Waals surface area contributed by atoms with E-state index in [1.807, 2.05) is 6.07 Å². The van der Waals surface area contributed by atoms with Crippen molar-refractivity contribution in [1.82, 2.24) is 20.1 Å². The molecule has 1 saturated heterocycles. The molecule has 8 nitrogen and oxygen atoms in total. The van der Waals surface area contributed by atoms with Crippen molar-refractivity contribution < 1.29 is 14.4 Å². The molecule has 0 spiro atoms. The Morgan fingerprint density at radius 2 is 1.79 bits per heavy atom. The third-order valence-corrected chi connectivity index (χ3v) is 5.16. The number of carbonyl (C=O) groups is 3. The lowest BCUT2D eigenvalue weighted by Crippen LogP contribution is -2.42. The van der Waals surface area contributed by atoms with Crippen LogP contribution in [0.5, 0.6) is 0 Å². The minimum atomic E-state index is -0.426. The number of rotatable bonds is 4. The lowest BCUT2D eigenvalue weighted by molar-refractivity contribution is -0.129. The highest BCUT2D eigenvalue weighted by atomic mass is 79.9. The average Bonchev–Trinajstić information content (AvgIpc) is 2.98. The van der Waals surface area contributed by atoms with Crippen molar-refractivity contribution in [2.45, 2.75) is 6.42 Å². The molecule has 1 aliphatic rings. The van der Waals surface area contributed by atoms with E-state index in [1.54, 1.807) is 34.1 Å². The van der Waals surface area contributed by atoms with E-state index < -0.39 is 5.56 Å². The molecule has 9 heteroatoms. The van der Waals surface area contributed by atoms with Crippen LogP contribution in [0.25, 0.3) is 0 Å². The molecular weight excluding hydrogens is 440 g/mol. The summed E-state index contributed by atoms with van der Waals surface area (Å²) in [6, 6.07) is 10.0. The van der Waals surface area contributed by atoms with Crippen molar-refractivity contribution >= 4 is 33.7 Å². The number of hydrogen-bond donors (Lipinski definition) is 2.